The van der Waals surface area contributed by atoms with Gasteiger partial charge in [0.15, 0.2) is 5.69 Å². The summed E-state index contributed by atoms with van der Waals surface area (Å²) in [6, 6.07) is 8.45. The Kier molecular flexibility index (Phi) is 3.36. The normalized spacial score (nSPS) is 14.4. The van der Waals surface area contributed by atoms with Gasteiger partial charge in [0.1, 0.15) is 6.07 Å². The number of nitro benzene ring substituents is 1. The summed E-state index contributed by atoms with van der Waals surface area (Å²) < 4.78 is 1.74. The molecule has 1 fully saturated rings. The molecule has 7 heteroatoms. The molecule has 2 aromatic rings. The average Bonchev–Trinajstić information content (AvgIpc) is 2.80. The number of benzene rings is 1. The monoisotopic (exact) mass is 283 g/mol. The SMILES string of the molecule is N#Cc1nnn(Cc2ccc([N+](=O)[O-])cc2)c1C1CCC1. The molecule has 0 aliphatic heterocycles. The summed E-state index contributed by atoms with van der Waals surface area (Å²) in [6.07, 6.45) is 3.28. The van der Waals surface area contributed by atoms with Crippen LogP contribution in [0.15, 0.2) is 24.3 Å². The summed E-state index contributed by atoms with van der Waals surface area (Å²) in [5.74, 6) is 0.354. The van der Waals surface area contributed by atoms with Crippen LogP contribution >= 0.6 is 0 Å². The maximum atomic E-state index is 10.6. The summed E-state index contributed by atoms with van der Waals surface area (Å²) in [4.78, 5) is 10.2. The van der Waals surface area contributed by atoms with Gasteiger partial charge in [0.2, 0.25) is 0 Å². The van der Waals surface area contributed by atoms with E-state index in [1.54, 1.807) is 16.8 Å². The van der Waals surface area contributed by atoms with Gasteiger partial charge in [-0.25, -0.2) is 4.68 Å². The van der Waals surface area contributed by atoms with E-state index in [1.807, 2.05) is 0 Å². The Morgan fingerprint density at radius 2 is 2.10 bits per heavy atom. The van der Waals surface area contributed by atoms with E-state index in [-0.39, 0.29) is 5.69 Å². The van der Waals surface area contributed by atoms with E-state index in [1.165, 1.54) is 12.1 Å². The topological polar surface area (TPSA) is 97.6 Å². The van der Waals surface area contributed by atoms with Gasteiger partial charge in [0.05, 0.1) is 17.2 Å². The zero-order chi connectivity index (χ0) is 14.8. The predicted octanol–water partition coefficient (Wildman–Crippen LogP) is 2.37. The highest BCUT2D eigenvalue weighted by molar-refractivity contribution is 5.34. The average molecular weight is 283 g/mol. The molecule has 1 saturated carbocycles. The van der Waals surface area contributed by atoms with Crippen molar-refractivity contribution in [2.75, 3.05) is 0 Å². The summed E-state index contributed by atoms with van der Waals surface area (Å²) in [5.41, 5.74) is 2.24. The largest absolute Gasteiger partial charge is 0.269 e. The molecule has 0 spiro atoms. The summed E-state index contributed by atoms with van der Waals surface area (Å²) in [5, 5.41) is 27.7. The molecule has 3 rings (SSSR count). The van der Waals surface area contributed by atoms with Gasteiger partial charge in [-0.3, -0.25) is 10.1 Å². The van der Waals surface area contributed by atoms with E-state index in [0.29, 0.717) is 18.2 Å². The molecule has 0 amide bonds. The van der Waals surface area contributed by atoms with Crippen molar-refractivity contribution in [1.29, 1.82) is 5.26 Å². The third kappa shape index (κ3) is 2.48. The van der Waals surface area contributed by atoms with Crippen molar-refractivity contribution < 1.29 is 4.92 Å². The number of rotatable bonds is 4. The Morgan fingerprint density at radius 1 is 1.38 bits per heavy atom. The molecule has 0 saturated heterocycles. The highest BCUT2D eigenvalue weighted by atomic mass is 16.6. The molecule has 1 aromatic heterocycles. The number of nitrogens with zero attached hydrogens (tertiary/aromatic N) is 5. The van der Waals surface area contributed by atoms with E-state index in [9.17, 15) is 10.1 Å². The van der Waals surface area contributed by atoms with Crippen LogP contribution < -0.4 is 0 Å². The molecular weight excluding hydrogens is 270 g/mol. The van der Waals surface area contributed by atoms with E-state index >= 15 is 0 Å². The molecule has 1 aliphatic rings. The molecular formula is C14H13N5O2. The van der Waals surface area contributed by atoms with Crippen molar-refractivity contribution in [2.45, 2.75) is 31.7 Å². The Balaban J connectivity index is 1.86. The molecule has 1 aliphatic carbocycles. The Morgan fingerprint density at radius 3 is 2.62 bits per heavy atom. The second kappa shape index (κ2) is 5.32. The molecule has 0 unspecified atom stereocenters. The quantitative estimate of drug-likeness (QED) is 0.633. The molecule has 7 nitrogen and oxygen atoms in total. The molecule has 0 atom stereocenters. The Bertz CT molecular complexity index is 710. The van der Waals surface area contributed by atoms with Crippen LogP contribution in [-0.2, 0) is 6.54 Å². The van der Waals surface area contributed by atoms with Crippen molar-refractivity contribution in [1.82, 2.24) is 15.0 Å². The van der Waals surface area contributed by atoms with Gasteiger partial charge in [-0.2, -0.15) is 5.26 Å². The second-order valence-corrected chi connectivity index (χ2v) is 5.14. The van der Waals surface area contributed by atoms with Crippen molar-refractivity contribution in [2.24, 2.45) is 0 Å². The zero-order valence-electron chi connectivity index (χ0n) is 11.3. The van der Waals surface area contributed by atoms with Crippen molar-refractivity contribution in [3.05, 3.63) is 51.3 Å². The van der Waals surface area contributed by atoms with Crippen LogP contribution in [0, 0.1) is 21.4 Å². The maximum absolute atomic E-state index is 10.6. The fourth-order valence-corrected chi connectivity index (χ4v) is 2.50. The lowest BCUT2D eigenvalue weighted by Crippen LogP contribution is -2.16. The van der Waals surface area contributed by atoms with Gasteiger partial charge in [-0.05, 0) is 18.4 Å². The lowest BCUT2D eigenvalue weighted by molar-refractivity contribution is -0.384. The van der Waals surface area contributed by atoms with Gasteiger partial charge in [0.25, 0.3) is 5.69 Å². The third-order valence-electron chi connectivity index (χ3n) is 3.85. The molecule has 0 radical (unpaired) electrons. The van der Waals surface area contributed by atoms with Crippen LogP contribution in [0.3, 0.4) is 0 Å². The van der Waals surface area contributed by atoms with Crippen LogP contribution in [0.5, 0.6) is 0 Å². The molecule has 0 bridgehead atoms. The number of aromatic nitrogens is 3. The van der Waals surface area contributed by atoms with Crippen molar-refractivity contribution in [3.8, 4) is 6.07 Å². The molecule has 106 valence electrons. The van der Waals surface area contributed by atoms with Crippen LogP contribution in [0.4, 0.5) is 5.69 Å². The van der Waals surface area contributed by atoms with E-state index in [4.69, 9.17) is 5.26 Å². The Hall–Kier alpha value is -2.75. The van der Waals surface area contributed by atoms with E-state index in [2.05, 4.69) is 16.4 Å². The first kappa shape index (κ1) is 13.2. The standard InChI is InChI=1S/C14H13N5O2/c15-8-13-14(11-2-1-3-11)18(17-16-13)9-10-4-6-12(7-5-10)19(20)21/h4-7,11H,1-3,9H2. The number of nitro groups is 1. The first-order chi connectivity index (χ1) is 10.2. The van der Waals surface area contributed by atoms with Gasteiger partial charge in [-0.15, -0.1) is 5.10 Å². The van der Waals surface area contributed by atoms with Gasteiger partial charge >= 0.3 is 0 Å². The van der Waals surface area contributed by atoms with Crippen LogP contribution in [0.2, 0.25) is 0 Å². The number of hydrogen-bond donors (Lipinski definition) is 0. The second-order valence-electron chi connectivity index (χ2n) is 5.14. The van der Waals surface area contributed by atoms with Crippen LogP contribution in [0.25, 0.3) is 0 Å². The van der Waals surface area contributed by atoms with Gasteiger partial charge < -0.3 is 0 Å². The van der Waals surface area contributed by atoms with Gasteiger partial charge in [-0.1, -0.05) is 23.8 Å². The highest BCUT2D eigenvalue weighted by Crippen LogP contribution is 2.37. The Labute approximate surface area is 121 Å². The third-order valence-corrected chi connectivity index (χ3v) is 3.85. The first-order valence-electron chi connectivity index (χ1n) is 6.76. The minimum atomic E-state index is -0.424. The summed E-state index contributed by atoms with van der Waals surface area (Å²) in [6.45, 7) is 0.471. The van der Waals surface area contributed by atoms with Crippen LogP contribution in [0.1, 0.15) is 42.1 Å². The molecule has 1 aromatic carbocycles. The summed E-state index contributed by atoms with van der Waals surface area (Å²) in [7, 11) is 0. The van der Waals surface area contributed by atoms with Crippen molar-refractivity contribution in [3.63, 3.8) is 0 Å². The number of non-ortho nitro benzene ring substituents is 1. The zero-order valence-corrected chi connectivity index (χ0v) is 11.3. The number of hydrogen-bond acceptors (Lipinski definition) is 5. The predicted molar refractivity (Wildman–Crippen MR) is 73.5 cm³/mol. The maximum Gasteiger partial charge on any atom is 0.269 e. The smallest absolute Gasteiger partial charge is 0.258 e. The van der Waals surface area contributed by atoms with Crippen LogP contribution in [-0.4, -0.2) is 19.9 Å². The lowest BCUT2D eigenvalue weighted by atomic mass is 9.82. The number of nitriles is 1. The van der Waals surface area contributed by atoms with E-state index < -0.39 is 4.92 Å². The fourth-order valence-electron chi connectivity index (χ4n) is 2.50. The first-order valence-corrected chi connectivity index (χ1v) is 6.76. The van der Waals surface area contributed by atoms with E-state index in [0.717, 1.165) is 30.5 Å². The summed E-state index contributed by atoms with van der Waals surface area (Å²) >= 11 is 0. The minimum Gasteiger partial charge on any atom is -0.258 e. The minimum absolute atomic E-state index is 0.0641. The lowest BCUT2D eigenvalue weighted by Gasteiger charge is -2.25. The highest BCUT2D eigenvalue weighted by Gasteiger charge is 2.27. The molecule has 0 N–H and O–H groups in total. The van der Waals surface area contributed by atoms with Crippen molar-refractivity contribution >= 4 is 5.69 Å². The molecule has 1 heterocycles. The fraction of sp³-hybridized carbons (Fsp3) is 0.357. The van der Waals surface area contributed by atoms with Gasteiger partial charge in [0, 0.05) is 18.1 Å². The molecule has 21 heavy (non-hydrogen) atoms.